The molecule has 0 saturated carbocycles. The molecule has 0 aliphatic carbocycles. The van der Waals surface area contributed by atoms with E-state index in [4.69, 9.17) is 9.72 Å². The number of aromatic nitrogens is 4. The van der Waals surface area contributed by atoms with Crippen LogP contribution in [0.15, 0.2) is 51.9 Å². The normalized spacial score (nSPS) is 11.6. The Morgan fingerprint density at radius 2 is 1.73 bits per heavy atom. The summed E-state index contributed by atoms with van der Waals surface area (Å²) in [5, 5.41) is 0. The minimum atomic E-state index is -0.733. The molecule has 0 aliphatic heterocycles. The van der Waals surface area contributed by atoms with Gasteiger partial charge in [-0.15, -0.1) is 0 Å². The van der Waals surface area contributed by atoms with Gasteiger partial charge in [-0.05, 0) is 66.0 Å². The van der Waals surface area contributed by atoms with E-state index < -0.39 is 11.6 Å². The Hall–Kier alpha value is -3.46. The van der Waals surface area contributed by atoms with Crippen molar-refractivity contribution in [2.75, 3.05) is 0 Å². The van der Waals surface area contributed by atoms with E-state index in [0.717, 1.165) is 40.3 Å². The second-order valence-electron chi connectivity index (χ2n) is 9.92. The third-order valence-electron chi connectivity index (χ3n) is 5.91. The van der Waals surface area contributed by atoms with E-state index in [1.165, 1.54) is 10.6 Å². The Balaban J connectivity index is 1.75. The number of halogens is 3. The maximum atomic E-state index is 14.0. The van der Waals surface area contributed by atoms with Gasteiger partial charge in [0.25, 0.3) is 5.56 Å². The number of ether oxygens (including phenoxy) is 1. The van der Waals surface area contributed by atoms with Gasteiger partial charge in [0.2, 0.25) is 5.88 Å². The van der Waals surface area contributed by atoms with E-state index in [-0.39, 0.29) is 33.5 Å². The SMILES string of the molecule is Cc1ccc(-c2nc(C(C)(C)C)ncc2C)cc1-n1c(C)nc(OCc2ccc(F)cc2F)c(Br)c1=O. The van der Waals surface area contributed by atoms with Crippen LogP contribution in [0.5, 0.6) is 5.88 Å². The number of benzene rings is 2. The summed E-state index contributed by atoms with van der Waals surface area (Å²) < 4.78 is 34.4. The summed E-state index contributed by atoms with van der Waals surface area (Å²) in [6, 6.07) is 9.04. The highest BCUT2D eigenvalue weighted by Gasteiger charge is 2.21. The maximum Gasteiger partial charge on any atom is 0.276 e. The zero-order valence-electron chi connectivity index (χ0n) is 21.5. The van der Waals surface area contributed by atoms with Crippen molar-refractivity contribution in [2.24, 2.45) is 0 Å². The van der Waals surface area contributed by atoms with Gasteiger partial charge in [0, 0.05) is 28.8 Å². The molecule has 0 amide bonds. The van der Waals surface area contributed by atoms with Gasteiger partial charge in [-0.2, -0.15) is 4.98 Å². The van der Waals surface area contributed by atoms with Crippen LogP contribution in [0.3, 0.4) is 0 Å². The number of hydrogen-bond donors (Lipinski definition) is 0. The molecule has 2 aromatic carbocycles. The van der Waals surface area contributed by atoms with Gasteiger partial charge in [-0.25, -0.2) is 18.7 Å². The molecule has 2 heterocycles. The number of rotatable bonds is 5. The van der Waals surface area contributed by atoms with Crippen molar-refractivity contribution in [3.8, 4) is 22.8 Å². The van der Waals surface area contributed by atoms with Crippen LogP contribution < -0.4 is 10.3 Å². The van der Waals surface area contributed by atoms with Crippen molar-refractivity contribution in [1.29, 1.82) is 0 Å². The lowest BCUT2D eigenvalue weighted by Crippen LogP contribution is -2.24. The van der Waals surface area contributed by atoms with Gasteiger partial charge in [0.15, 0.2) is 0 Å². The Morgan fingerprint density at radius 1 is 1.00 bits per heavy atom. The average Bonchev–Trinajstić information content (AvgIpc) is 2.82. The van der Waals surface area contributed by atoms with Crippen LogP contribution in [0, 0.1) is 32.4 Å². The van der Waals surface area contributed by atoms with E-state index >= 15 is 0 Å². The first-order chi connectivity index (χ1) is 17.4. The van der Waals surface area contributed by atoms with Crippen LogP contribution in [-0.2, 0) is 12.0 Å². The molecule has 37 heavy (non-hydrogen) atoms. The molecule has 4 rings (SSSR count). The molecule has 0 fully saturated rings. The Morgan fingerprint density at radius 3 is 2.41 bits per heavy atom. The molecule has 0 bridgehead atoms. The van der Waals surface area contributed by atoms with Crippen molar-refractivity contribution in [3.05, 3.63) is 97.4 Å². The molecule has 9 heteroatoms. The minimum Gasteiger partial charge on any atom is -0.472 e. The third-order valence-corrected chi connectivity index (χ3v) is 6.59. The lowest BCUT2D eigenvalue weighted by Gasteiger charge is -2.19. The van der Waals surface area contributed by atoms with Gasteiger partial charge < -0.3 is 4.74 Å². The summed E-state index contributed by atoms with van der Waals surface area (Å²) in [7, 11) is 0. The number of hydrogen-bond acceptors (Lipinski definition) is 5. The van der Waals surface area contributed by atoms with Crippen molar-refractivity contribution in [1.82, 2.24) is 19.5 Å². The maximum absolute atomic E-state index is 14.0. The summed E-state index contributed by atoms with van der Waals surface area (Å²) in [6.45, 7) is 11.5. The first-order valence-electron chi connectivity index (χ1n) is 11.7. The van der Waals surface area contributed by atoms with Crippen LogP contribution in [0.2, 0.25) is 0 Å². The smallest absolute Gasteiger partial charge is 0.276 e. The van der Waals surface area contributed by atoms with Crippen molar-refractivity contribution < 1.29 is 13.5 Å². The summed E-state index contributed by atoms with van der Waals surface area (Å²) >= 11 is 3.30. The molecule has 0 unspecified atom stereocenters. The highest BCUT2D eigenvalue weighted by Crippen LogP contribution is 2.29. The van der Waals surface area contributed by atoms with E-state index in [1.54, 1.807) is 6.92 Å². The number of aryl methyl sites for hydroxylation is 3. The zero-order valence-corrected chi connectivity index (χ0v) is 23.1. The fourth-order valence-electron chi connectivity index (χ4n) is 3.84. The molecule has 0 saturated heterocycles. The third kappa shape index (κ3) is 5.46. The molecule has 2 aromatic heterocycles. The van der Waals surface area contributed by atoms with E-state index in [0.29, 0.717) is 11.5 Å². The van der Waals surface area contributed by atoms with E-state index in [2.05, 4.69) is 46.7 Å². The summed E-state index contributed by atoms with van der Waals surface area (Å²) in [4.78, 5) is 27.2. The Bertz CT molecular complexity index is 1560. The van der Waals surface area contributed by atoms with Crippen molar-refractivity contribution >= 4 is 15.9 Å². The quantitative estimate of drug-likeness (QED) is 0.273. The highest BCUT2D eigenvalue weighted by atomic mass is 79.9. The first kappa shape index (κ1) is 26.6. The van der Waals surface area contributed by atoms with E-state index in [1.807, 2.05) is 38.2 Å². The van der Waals surface area contributed by atoms with Gasteiger partial charge >= 0.3 is 0 Å². The Labute approximate surface area is 222 Å². The summed E-state index contributed by atoms with van der Waals surface area (Å²) in [5.41, 5.74) is 3.63. The molecule has 6 nitrogen and oxygen atoms in total. The topological polar surface area (TPSA) is 69.9 Å². The molecule has 0 radical (unpaired) electrons. The first-order valence-corrected chi connectivity index (χ1v) is 12.5. The highest BCUT2D eigenvalue weighted by molar-refractivity contribution is 9.10. The van der Waals surface area contributed by atoms with Gasteiger partial charge in [0.1, 0.15) is 34.4 Å². The molecular formula is C28H27BrF2N4O2. The van der Waals surface area contributed by atoms with Crippen LogP contribution in [0.1, 0.15) is 49.1 Å². The average molecular weight is 569 g/mol. The molecular weight excluding hydrogens is 542 g/mol. The van der Waals surface area contributed by atoms with Gasteiger partial charge in [0.05, 0.1) is 11.4 Å². The second kappa shape index (κ2) is 10.1. The van der Waals surface area contributed by atoms with Crippen LogP contribution >= 0.6 is 15.9 Å². The van der Waals surface area contributed by atoms with Gasteiger partial charge in [-0.3, -0.25) is 9.36 Å². The second-order valence-corrected chi connectivity index (χ2v) is 10.7. The Kier molecular flexibility index (Phi) is 7.28. The van der Waals surface area contributed by atoms with Crippen LogP contribution in [0.4, 0.5) is 8.78 Å². The van der Waals surface area contributed by atoms with Crippen LogP contribution in [0.25, 0.3) is 16.9 Å². The number of nitrogens with zero attached hydrogens (tertiary/aromatic N) is 4. The predicted molar refractivity (Wildman–Crippen MR) is 142 cm³/mol. The van der Waals surface area contributed by atoms with E-state index in [9.17, 15) is 13.6 Å². The molecule has 0 N–H and O–H groups in total. The van der Waals surface area contributed by atoms with Gasteiger partial charge in [-0.1, -0.05) is 32.9 Å². The molecule has 4 aromatic rings. The molecule has 0 spiro atoms. The van der Waals surface area contributed by atoms with Crippen molar-refractivity contribution in [3.63, 3.8) is 0 Å². The molecule has 0 aliphatic rings. The minimum absolute atomic E-state index is 0.0257. The monoisotopic (exact) mass is 568 g/mol. The largest absolute Gasteiger partial charge is 0.472 e. The summed E-state index contributed by atoms with van der Waals surface area (Å²) in [6.07, 6.45) is 1.81. The lowest BCUT2D eigenvalue weighted by atomic mass is 9.95. The molecule has 0 atom stereocenters. The zero-order chi connectivity index (χ0) is 27.1. The summed E-state index contributed by atoms with van der Waals surface area (Å²) in [5.74, 6) is -0.269. The van der Waals surface area contributed by atoms with Crippen LogP contribution in [-0.4, -0.2) is 19.5 Å². The van der Waals surface area contributed by atoms with Crippen molar-refractivity contribution in [2.45, 2.75) is 53.6 Å². The fourth-order valence-corrected chi connectivity index (χ4v) is 4.22. The standard InChI is InChI=1S/C28H27BrF2N4O2/c1-15-7-8-18(24-16(2)13-32-27(34-24)28(4,5)6)11-22(15)35-17(3)33-25(23(29)26(35)36)37-14-19-9-10-20(30)12-21(19)31/h7-13H,14H2,1-6H3. The predicted octanol–water partition coefficient (Wildman–Crippen LogP) is 6.53. The lowest BCUT2D eigenvalue weighted by molar-refractivity contribution is 0.283. The molecule has 192 valence electrons. The fraction of sp³-hybridized carbons (Fsp3) is 0.286.